The fraction of sp³-hybridized carbons (Fsp3) is 0.714. The van der Waals surface area contributed by atoms with Crippen LogP contribution in [0.15, 0.2) is 12.1 Å². The molecule has 0 amide bonds. The summed E-state index contributed by atoms with van der Waals surface area (Å²) >= 11 is 0. The first-order chi connectivity index (χ1) is 8.80. The van der Waals surface area contributed by atoms with E-state index in [2.05, 4.69) is 29.4 Å². The van der Waals surface area contributed by atoms with Crippen molar-refractivity contribution in [3.63, 3.8) is 0 Å². The molecule has 0 saturated heterocycles. The summed E-state index contributed by atoms with van der Waals surface area (Å²) in [6, 6.07) is 3.80. The Bertz CT molecular complexity index is 313. The second-order valence-electron chi connectivity index (χ2n) is 4.61. The molecule has 18 heavy (non-hydrogen) atoms. The second kappa shape index (κ2) is 8.86. The Morgan fingerprint density at radius 3 is 2.67 bits per heavy atom. The van der Waals surface area contributed by atoms with Crippen LogP contribution in [0, 0.1) is 5.92 Å². The van der Waals surface area contributed by atoms with Gasteiger partial charge in [0, 0.05) is 12.6 Å². The second-order valence-corrected chi connectivity index (χ2v) is 4.61. The lowest BCUT2D eigenvalue weighted by atomic mass is 9.99. The third-order valence-electron chi connectivity index (χ3n) is 3.19. The smallest absolute Gasteiger partial charge is 0.233 e. The predicted octanol–water partition coefficient (Wildman–Crippen LogP) is 2.79. The average molecular weight is 251 g/mol. The lowest BCUT2D eigenvalue weighted by molar-refractivity contribution is 0.389. The van der Waals surface area contributed by atoms with Crippen molar-refractivity contribution in [1.29, 1.82) is 0 Å². The summed E-state index contributed by atoms with van der Waals surface area (Å²) in [6.45, 7) is 6.34. The zero-order valence-corrected chi connectivity index (χ0v) is 11.8. The highest BCUT2D eigenvalue weighted by atomic mass is 16.5. The van der Waals surface area contributed by atoms with Crippen molar-refractivity contribution in [2.24, 2.45) is 5.92 Å². The van der Waals surface area contributed by atoms with Gasteiger partial charge in [-0.3, -0.25) is 0 Å². The predicted molar refractivity (Wildman–Crippen MR) is 73.6 cm³/mol. The highest BCUT2D eigenvalue weighted by Crippen LogP contribution is 2.11. The Hall–Kier alpha value is -1.16. The summed E-state index contributed by atoms with van der Waals surface area (Å²) in [7, 11) is 1.60. The van der Waals surface area contributed by atoms with Crippen LogP contribution in [-0.2, 0) is 6.54 Å². The molecule has 1 atom stereocenters. The molecular formula is C14H25N3O. The summed E-state index contributed by atoms with van der Waals surface area (Å²) in [6.07, 6.45) is 5.15. The Kier molecular flexibility index (Phi) is 7.34. The lowest BCUT2D eigenvalue weighted by Crippen LogP contribution is -2.22. The van der Waals surface area contributed by atoms with Crippen LogP contribution in [0.2, 0.25) is 0 Å². The zero-order valence-electron chi connectivity index (χ0n) is 11.8. The van der Waals surface area contributed by atoms with Crippen LogP contribution in [0.1, 0.15) is 45.2 Å². The number of unbranched alkanes of at least 4 members (excludes halogenated alkanes) is 1. The molecule has 0 spiro atoms. The average Bonchev–Trinajstić information content (AvgIpc) is 2.43. The fourth-order valence-corrected chi connectivity index (χ4v) is 1.90. The van der Waals surface area contributed by atoms with Gasteiger partial charge in [0.15, 0.2) is 0 Å². The maximum atomic E-state index is 4.98. The van der Waals surface area contributed by atoms with E-state index < -0.39 is 0 Å². The Balaban J connectivity index is 2.26. The monoisotopic (exact) mass is 251 g/mol. The maximum Gasteiger partial charge on any atom is 0.233 e. The minimum absolute atomic E-state index is 0.563. The molecule has 0 aromatic carbocycles. The summed E-state index contributed by atoms with van der Waals surface area (Å²) in [5.74, 6) is 1.34. The SMILES string of the molecule is CCCCC(CC)CNCc1ccc(OC)nn1. The standard InChI is InChI=1S/C14H25N3O/c1-4-6-7-12(5-2)10-15-11-13-8-9-14(18-3)17-16-13/h8-9,12,15H,4-7,10-11H2,1-3H3. The van der Waals surface area contributed by atoms with Crippen LogP contribution in [0.5, 0.6) is 5.88 Å². The molecule has 102 valence electrons. The van der Waals surface area contributed by atoms with Crippen molar-refractivity contribution in [2.45, 2.75) is 46.1 Å². The van der Waals surface area contributed by atoms with Crippen LogP contribution in [0.4, 0.5) is 0 Å². The normalized spacial score (nSPS) is 12.4. The molecule has 1 aromatic rings. The molecule has 1 rings (SSSR count). The van der Waals surface area contributed by atoms with Gasteiger partial charge < -0.3 is 10.1 Å². The van der Waals surface area contributed by atoms with Gasteiger partial charge in [-0.25, -0.2) is 0 Å². The van der Waals surface area contributed by atoms with Crippen molar-refractivity contribution in [2.75, 3.05) is 13.7 Å². The van der Waals surface area contributed by atoms with E-state index in [1.165, 1.54) is 25.7 Å². The summed E-state index contributed by atoms with van der Waals surface area (Å²) in [4.78, 5) is 0. The van der Waals surface area contributed by atoms with Crippen molar-refractivity contribution in [3.8, 4) is 5.88 Å². The van der Waals surface area contributed by atoms with Crippen molar-refractivity contribution in [1.82, 2.24) is 15.5 Å². The fourth-order valence-electron chi connectivity index (χ4n) is 1.90. The highest BCUT2D eigenvalue weighted by molar-refractivity contribution is 5.10. The van der Waals surface area contributed by atoms with Crippen molar-refractivity contribution < 1.29 is 4.74 Å². The van der Waals surface area contributed by atoms with Gasteiger partial charge >= 0.3 is 0 Å². The lowest BCUT2D eigenvalue weighted by Gasteiger charge is -2.14. The molecule has 0 aliphatic rings. The molecule has 4 nitrogen and oxygen atoms in total. The van der Waals surface area contributed by atoms with Gasteiger partial charge in [-0.15, -0.1) is 5.10 Å². The number of nitrogens with one attached hydrogen (secondary N) is 1. The number of hydrogen-bond donors (Lipinski definition) is 1. The molecule has 0 saturated carbocycles. The maximum absolute atomic E-state index is 4.98. The van der Waals surface area contributed by atoms with E-state index in [4.69, 9.17) is 4.74 Å². The van der Waals surface area contributed by atoms with E-state index in [0.29, 0.717) is 5.88 Å². The van der Waals surface area contributed by atoms with E-state index in [1.807, 2.05) is 12.1 Å². The van der Waals surface area contributed by atoms with E-state index in [1.54, 1.807) is 7.11 Å². The molecular weight excluding hydrogens is 226 g/mol. The van der Waals surface area contributed by atoms with Crippen LogP contribution in [0.3, 0.4) is 0 Å². The van der Waals surface area contributed by atoms with Gasteiger partial charge in [-0.05, 0) is 24.9 Å². The largest absolute Gasteiger partial charge is 0.480 e. The van der Waals surface area contributed by atoms with E-state index in [9.17, 15) is 0 Å². The highest BCUT2D eigenvalue weighted by Gasteiger charge is 2.05. The minimum Gasteiger partial charge on any atom is -0.480 e. The molecule has 1 unspecified atom stereocenters. The zero-order chi connectivity index (χ0) is 13.2. The number of methoxy groups -OCH3 is 1. The topological polar surface area (TPSA) is 47.0 Å². The molecule has 0 aliphatic heterocycles. The number of ether oxygens (including phenoxy) is 1. The Labute approximate surface area is 110 Å². The molecule has 0 bridgehead atoms. The molecule has 1 aromatic heterocycles. The van der Waals surface area contributed by atoms with Crippen LogP contribution in [-0.4, -0.2) is 23.9 Å². The molecule has 1 N–H and O–H groups in total. The molecule has 0 aliphatic carbocycles. The first-order valence-corrected chi connectivity index (χ1v) is 6.87. The van der Waals surface area contributed by atoms with Gasteiger partial charge in [-0.1, -0.05) is 33.1 Å². The summed E-state index contributed by atoms with van der Waals surface area (Å²) < 4.78 is 4.98. The Morgan fingerprint density at radius 1 is 1.28 bits per heavy atom. The molecule has 0 fully saturated rings. The van der Waals surface area contributed by atoms with E-state index in [0.717, 1.165) is 24.7 Å². The first kappa shape index (κ1) is 14.9. The molecule has 0 radical (unpaired) electrons. The molecule has 1 heterocycles. The van der Waals surface area contributed by atoms with Crippen LogP contribution >= 0.6 is 0 Å². The first-order valence-electron chi connectivity index (χ1n) is 6.87. The summed E-state index contributed by atoms with van der Waals surface area (Å²) in [5.41, 5.74) is 0.959. The third kappa shape index (κ3) is 5.45. The third-order valence-corrected chi connectivity index (χ3v) is 3.19. The summed E-state index contributed by atoms with van der Waals surface area (Å²) in [5, 5.41) is 11.5. The minimum atomic E-state index is 0.563. The van der Waals surface area contributed by atoms with Crippen molar-refractivity contribution in [3.05, 3.63) is 17.8 Å². The Morgan fingerprint density at radius 2 is 2.11 bits per heavy atom. The van der Waals surface area contributed by atoms with Gasteiger partial charge in [0.1, 0.15) is 0 Å². The van der Waals surface area contributed by atoms with Crippen LogP contribution in [0.25, 0.3) is 0 Å². The number of aromatic nitrogens is 2. The number of rotatable bonds is 9. The molecule has 4 heteroatoms. The number of hydrogen-bond acceptors (Lipinski definition) is 4. The van der Waals surface area contributed by atoms with Crippen molar-refractivity contribution >= 4 is 0 Å². The van der Waals surface area contributed by atoms with Gasteiger partial charge in [-0.2, -0.15) is 5.10 Å². The number of nitrogens with zero attached hydrogens (tertiary/aromatic N) is 2. The van der Waals surface area contributed by atoms with Gasteiger partial charge in [0.25, 0.3) is 0 Å². The quantitative estimate of drug-likeness (QED) is 0.733. The van der Waals surface area contributed by atoms with E-state index >= 15 is 0 Å². The van der Waals surface area contributed by atoms with Crippen LogP contribution < -0.4 is 10.1 Å². The van der Waals surface area contributed by atoms with E-state index in [-0.39, 0.29) is 0 Å². The van der Waals surface area contributed by atoms with Gasteiger partial charge in [0.05, 0.1) is 12.8 Å². The van der Waals surface area contributed by atoms with Gasteiger partial charge in [0.2, 0.25) is 5.88 Å².